The van der Waals surface area contributed by atoms with E-state index >= 15 is 0 Å². The largest absolute Gasteiger partial charge is 0.497 e. The zero-order chi connectivity index (χ0) is 22.5. The van der Waals surface area contributed by atoms with Crippen molar-refractivity contribution >= 4 is 5.97 Å². The number of methoxy groups -OCH3 is 2. The lowest BCUT2D eigenvalue weighted by atomic mass is 10.1. The molecule has 1 saturated heterocycles. The van der Waals surface area contributed by atoms with Crippen LogP contribution in [0.25, 0.3) is 0 Å². The lowest BCUT2D eigenvalue weighted by molar-refractivity contribution is -0.0470. The summed E-state index contributed by atoms with van der Waals surface area (Å²) in [6, 6.07) is 14.5. The predicted molar refractivity (Wildman–Crippen MR) is 113 cm³/mol. The smallest absolute Gasteiger partial charge is 0.356 e. The van der Waals surface area contributed by atoms with Gasteiger partial charge in [0.05, 0.1) is 33.0 Å². The topological polar surface area (TPSA) is 90.3 Å². The Bertz CT molecular complexity index is 1070. The average molecular weight is 440 g/mol. The molecule has 1 aliphatic rings. The highest BCUT2D eigenvalue weighted by molar-refractivity contribution is 5.87. The standard InChI is InChI=1S/C23H24N2O7/c1-25-17(22(26)28-3)13-20(24-25)32-19-6-4-5-18(21(19)23-29-11-12-30-23)31-14-15-7-9-16(27-2)10-8-15/h4-10,13,23H,11-12,14H2,1-3H3. The van der Waals surface area contributed by atoms with Crippen LogP contribution in [0.1, 0.15) is 27.9 Å². The number of ether oxygens (including phenoxy) is 6. The van der Waals surface area contributed by atoms with Gasteiger partial charge in [-0.15, -0.1) is 5.10 Å². The Labute approximate surface area is 185 Å². The molecule has 168 valence electrons. The first kappa shape index (κ1) is 21.7. The van der Waals surface area contributed by atoms with Crippen molar-refractivity contribution in [2.75, 3.05) is 27.4 Å². The molecule has 0 spiro atoms. The average Bonchev–Trinajstić information content (AvgIpc) is 3.47. The van der Waals surface area contributed by atoms with Crippen LogP contribution < -0.4 is 14.2 Å². The zero-order valence-corrected chi connectivity index (χ0v) is 18.1. The Morgan fingerprint density at radius 1 is 1.09 bits per heavy atom. The van der Waals surface area contributed by atoms with Gasteiger partial charge in [-0.05, 0) is 29.8 Å². The highest BCUT2D eigenvalue weighted by atomic mass is 16.7. The second kappa shape index (κ2) is 9.71. The number of hydrogen-bond acceptors (Lipinski definition) is 8. The third-order valence-electron chi connectivity index (χ3n) is 4.90. The summed E-state index contributed by atoms with van der Waals surface area (Å²) >= 11 is 0. The molecular formula is C23H24N2O7. The monoisotopic (exact) mass is 440 g/mol. The summed E-state index contributed by atoms with van der Waals surface area (Å²) in [7, 11) is 4.57. The fourth-order valence-corrected chi connectivity index (χ4v) is 3.28. The van der Waals surface area contributed by atoms with E-state index < -0.39 is 12.3 Å². The molecule has 9 nitrogen and oxygen atoms in total. The van der Waals surface area contributed by atoms with Crippen LogP contribution in [-0.2, 0) is 27.9 Å². The SMILES string of the molecule is COC(=O)c1cc(Oc2cccc(OCc3ccc(OC)cc3)c2C2OCCO2)nn1C. The zero-order valence-electron chi connectivity index (χ0n) is 18.1. The molecule has 0 bridgehead atoms. The number of esters is 1. The summed E-state index contributed by atoms with van der Waals surface area (Å²) in [5.41, 5.74) is 1.86. The molecule has 2 aromatic carbocycles. The molecule has 1 fully saturated rings. The Balaban J connectivity index is 1.60. The number of nitrogens with zero attached hydrogens (tertiary/aromatic N) is 2. The van der Waals surface area contributed by atoms with Crippen molar-refractivity contribution in [3.8, 4) is 23.1 Å². The van der Waals surface area contributed by atoms with Crippen LogP contribution >= 0.6 is 0 Å². The molecule has 0 radical (unpaired) electrons. The molecular weight excluding hydrogens is 416 g/mol. The Morgan fingerprint density at radius 2 is 1.81 bits per heavy atom. The molecule has 0 saturated carbocycles. The molecule has 0 atom stereocenters. The van der Waals surface area contributed by atoms with Gasteiger partial charge in [0.1, 0.15) is 29.5 Å². The van der Waals surface area contributed by atoms with E-state index in [1.807, 2.05) is 30.3 Å². The van der Waals surface area contributed by atoms with Gasteiger partial charge in [-0.2, -0.15) is 0 Å². The minimum Gasteiger partial charge on any atom is -0.497 e. The molecule has 0 amide bonds. The lowest BCUT2D eigenvalue weighted by Crippen LogP contribution is -2.07. The number of aromatic nitrogens is 2. The quantitative estimate of drug-likeness (QED) is 0.491. The van der Waals surface area contributed by atoms with E-state index in [0.717, 1.165) is 11.3 Å². The molecule has 0 unspecified atom stereocenters. The van der Waals surface area contributed by atoms with Crippen molar-refractivity contribution in [3.05, 3.63) is 65.4 Å². The molecule has 1 aliphatic heterocycles. The molecule has 3 aromatic rings. The first-order chi connectivity index (χ1) is 15.6. The van der Waals surface area contributed by atoms with Crippen molar-refractivity contribution < 1.29 is 33.2 Å². The van der Waals surface area contributed by atoms with E-state index in [9.17, 15) is 4.79 Å². The first-order valence-corrected chi connectivity index (χ1v) is 10.0. The number of benzene rings is 2. The molecule has 32 heavy (non-hydrogen) atoms. The lowest BCUT2D eigenvalue weighted by Gasteiger charge is -2.19. The van der Waals surface area contributed by atoms with Crippen LogP contribution in [0, 0.1) is 0 Å². The summed E-state index contributed by atoms with van der Waals surface area (Å²) in [5.74, 6) is 1.53. The fraction of sp³-hybridized carbons (Fsp3) is 0.304. The van der Waals surface area contributed by atoms with Gasteiger partial charge in [0.2, 0.25) is 5.88 Å². The highest BCUT2D eigenvalue weighted by Gasteiger charge is 2.27. The predicted octanol–water partition coefficient (Wildman–Crippen LogP) is 3.63. The molecule has 9 heteroatoms. The summed E-state index contributed by atoms with van der Waals surface area (Å²) in [6.45, 7) is 1.27. The summed E-state index contributed by atoms with van der Waals surface area (Å²) in [6.07, 6.45) is -0.638. The van der Waals surface area contributed by atoms with Crippen molar-refractivity contribution in [1.29, 1.82) is 0 Å². The van der Waals surface area contributed by atoms with Crippen molar-refractivity contribution in [3.63, 3.8) is 0 Å². The van der Waals surface area contributed by atoms with Gasteiger partial charge in [0.25, 0.3) is 0 Å². The van der Waals surface area contributed by atoms with Crippen molar-refractivity contribution in [1.82, 2.24) is 9.78 Å². The number of carbonyl (C=O) groups excluding carboxylic acids is 1. The summed E-state index contributed by atoms with van der Waals surface area (Å²) in [4.78, 5) is 11.9. The number of hydrogen-bond donors (Lipinski definition) is 0. The third kappa shape index (κ3) is 4.68. The van der Waals surface area contributed by atoms with Gasteiger partial charge < -0.3 is 28.4 Å². The van der Waals surface area contributed by atoms with Gasteiger partial charge in [-0.3, -0.25) is 4.68 Å². The molecule has 2 heterocycles. The van der Waals surface area contributed by atoms with Crippen LogP contribution in [0.5, 0.6) is 23.1 Å². The van der Waals surface area contributed by atoms with Crippen molar-refractivity contribution in [2.24, 2.45) is 7.05 Å². The van der Waals surface area contributed by atoms with Crippen LogP contribution in [0.15, 0.2) is 48.5 Å². The van der Waals surface area contributed by atoms with Gasteiger partial charge in [-0.1, -0.05) is 18.2 Å². The molecule has 4 rings (SSSR count). The normalized spacial score (nSPS) is 13.7. The maximum atomic E-state index is 11.9. The molecule has 0 aliphatic carbocycles. The first-order valence-electron chi connectivity index (χ1n) is 10.0. The van der Waals surface area contributed by atoms with E-state index in [0.29, 0.717) is 36.9 Å². The molecule has 1 aromatic heterocycles. The van der Waals surface area contributed by atoms with Gasteiger partial charge in [0.15, 0.2) is 6.29 Å². The van der Waals surface area contributed by atoms with Crippen LogP contribution in [0.3, 0.4) is 0 Å². The maximum absolute atomic E-state index is 11.9. The second-order valence-electron chi connectivity index (χ2n) is 6.96. The van der Waals surface area contributed by atoms with Crippen LogP contribution in [-0.4, -0.2) is 43.2 Å². The Kier molecular flexibility index (Phi) is 6.58. The minimum absolute atomic E-state index is 0.236. The van der Waals surface area contributed by atoms with E-state index in [-0.39, 0.29) is 11.6 Å². The number of rotatable bonds is 8. The van der Waals surface area contributed by atoms with E-state index in [1.165, 1.54) is 17.9 Å². The number of aryl methyl sites for hydroxylation is 1. The molecule has 0 N–H and O–H groups in total. The fourth-order valence-electron chi connectivity index (χ4n) is 3.28. The van der Waals surface area contributed by atoms with Crippen LogP contribution in [0.4, 0.5) is 0 Å². The highest BCUT2D eigenvalue weighted by Crippen LogP contribution is 2.40. The minimum atomic E-state index is -0.638. The van der Waals surface area contributed by atoms with Gasteiger partial charge in [0, 0.05) is 13.1 Å². The van der Waals surface area contributed by atoms with Crippen LogP contribution in [0.2, 0.25) is 0 Å². The van der Waals surface area contributed by atoms with Gasteiger partial charge >= 0.3 is 5.97 Å². The van der Waals surface area contributed by atoms with Gasteiger partial charge in [-0.25, -0.2) is 4.79 Å². The Hall–Kier alpha value is -3.56. The maximum Gasteiger partial charge on any atom is 0.356 e. The summed E-state index contributed by atoms with van der Waals surface area (Å²) in [5, 5.41) is 4.24. The third-order valence-corrected chi connectivity index (χ3v) is 4.90. The van der Waals surface area contributed by atoms with Crippen molar-refractivity contribution in [2.45, 2.75) is 12.9 Å². The summed E-state index contributed by atoms with van der Waals surface area (Å²) < 4.78 is 34.9. The second-order valence-corrected chi connectivity index (χ2v) is 6.96. The van der Waals surface area contributed by atoms with E-state index in [4.69, 9.17) is 28.4 Å². The van der Waals surface area contributed by atoms with E-state index in [2.05, 4.69) is 5.10 Å². The van der Waals surface area contributed by atoms with E-state index in [1.54, 1.807) is 26.3 Å². The number of carbonyl (C=O) groups is 1. The Morgan fingerprint density at radius 3 is 2.50 bits per heavy atom.